The minimum Gasteiger partial charge on any atom is -0.273 e. The fourth-order valence-electron chi connectivity index (χ4n) is 2.19. The molecular formula is C17H26N2O. The fraction of sp³-hybridized carbons (Fsp3) is 0.529. The number of carbonyl (C=O) groups is 1. The van der Waals surface area contributed by atoms with Crippen LogP contribution in [0.25, 0.3) is 0 Å². The van der Waals surface area contributed by atoms with Crippen molar-refractivity contribution in [2.75, 3.05) is 0 Å². The molecule has 0 spiro atoms. The molecular weight excluding hydrogens is 248 g/mol. The van der Waals surface area contributed by atoms with Gasteiger partial charge in [-0.3, -0.25) is 4.79 Å². The molecule has 3 nitrogen and oxygen atoms in total. The molecule has 0 aliphatic rings. The highest BCUT2D eigenvalue weighted by atomic mass is 16.2. The highest BCUT2D eigenvalue weighted by molar-refractivity contribution is 6.00. The summed E-state index contributed by atoms with van der Waals surface area (Å²) in [5, 5.41) is 4.20. The second-order valence-electron chi connectivity index (χ2n) is 5.36. The third kappa shape index (κ3) is 5.55. The van der Waals surface area contributed by atoms with Gasteiger partial charge >= 0.3 is 0 Å². The van der Waals surface area contributed by atoms with Crippen LogP contribution in [0.4, 0.5) is 0 Å². The SMILES string of the molecule is CCCCCCC(=O)N/N=C(\C)c1ccc(C)cc1C. The average Bonchev–Trinajstić information content (AvgIpc) is 2.41. The first-order chi connectivity index (χ1) is 9.54. The minimum absolute atomic E-state index is 0.00483. The fourth-order valence-corrected chi connectivity index (χ4v) is 2.19. The maximum atomic E-state index is 11.7. The third-order valence-electron chi connectivity index (χ3n) is 3.38. The summed E-state index contributed by atoms with van der Waals surface area (Å²) in [7, 11) is 0. The molecule has 0 heterocycles. The van der Waals surface area contributed by atoms with Gasteiger partial charge in [0, 0.05) is 12.0 Å². The topological polar surface area (TPSA) is 41.5 Å². The Morgan fingerprint density at radius 3 is 2.60 bits per heavy atom. The van der Waals surface area contributed by atoms with E-state index in [4.69, 9.17) is 0 Å². The number of aryl methyl sites for hydroxylation is 2. The van der Waals surface area contributed by atoms with Gasteiger partial charge in [-0.15, -0.1) is 0 Å². The minimum atomic E-state index is 0.00483. The van der Waals surface area contributed by atoms with Gasteiger partial charge in [0.25, 0.3) is 0 Å². The predicted molar refractivity (Wildman–Crippen MR) is 85.0 cm³/mol. The zero-order valence-electron chi connectivity index (χ0n) is 13.1. The van der Waals surface area contributed by atoms with E-state index in [1.165, 1.54) is 24.0 Å². The Morgan fingerprint density at radius 1 is 1.20 bits per heavy atom. The van der Waals surface area contributed by atoms with Gasteiger partial charge in [-0.05, 0) is 32.8 Å². The summed E-state index contributed by atoms with van der Waals surface area (Å²) >= 11 is 0. The van der Waals surface area contributed by atoms with Crippen molar-refractivity contribution >= 4 is 11.6 Å². The molecule has 0 aromatic heterocycles. The molecule has 1 N–H and O–H groups in total. The van der Waals surface area contributed by atoms with Crippen molar-refractivity contribution in [2.45, 2.75) is 59.8 Å². The van der Waals surface area contributed by atoms with Gasteiger partial charge in [0.1, 0.15) is 0 Å². The van der Waals surface area contributed by atoms with Crippen molar-refractivity contribution in [3.8, 4) is 0 Å². The first-order valence-electron chi connectivity index (χ1n) is 7.45. The lowest BCUT2D eigenvalue weighted by Crippen LogP contribution is -2.19. The van der Waals surface area contributed by atoms with Crippen molar-refractivity contribution in [1.29, 1.82) is 0 Å². The lowest BCUT2D eigenvalue weighted by molar-refractivity contribution is -0.121. The summed E-state index contributed by atoms with van der Waals surface area (Å²) in [6, 6.07) is 6.24. The summed E-state index contributed by atoms with van der Waals surface area (Å²) in [6.45, 7) is 8.22. The molecule has 110 valence electrons. The maximum Gasteiger partial charge on any atom is 0.240 e. The average molecular weight is 274 g/mol. The molecule has 1 aromatic rings. The van der Waals surface area contributed by atoms with Crippen LogP contribution in [-0.4, -0.2) is 11.6 Å². The Hall–Kier alpha value is -1.64. The van der Waals surface area contributed by atoms with Crippen LogP contribution in [0.15, 0.2) is 23.3 Å². The number of carbonyl (C=O) groups excluding carboxylic acids is 1. The number of hydrogen-bond acceptors (Lipinski definition) is 2. The summed E-state index contributed by atoms with van der Waals surface area (Å²) in [6.07, 6.45) is 4.99. The zero-order valence-corrected chi connectivity index (χ0v) is 13.1. The lowest BCUT2D eigenvalue weighted by Gasteiger charge is -2.07. The Bertz CT molecular complexity index is 478. The largest absolute Gasteiger partial charge is 0.273 e. The molecule has 0 unspecified atom stereocenters. The maximum absolute atomic E-state index is 11.7. The quantitative estimate of drug-likeness (QED) is 0.453. The van der Waals surface area contributed by atoms with Gasteiger partial charge in [-0.1, -0.05) is 49.9 Å². The molecule has 0 radical (unpaired) electrons. The Balaban J connectivity index is 2.50. The van der Waals surface area contributed by atoms with Crippen LogP contribution in [0.1, 0.15) is 62.6 Å². The molecule has 20 heavy (non-hydrogen) atoms. The Kier molecular flexibility index (Phi) is 6.99. The third-order valence-corrected chi connectivity index (χ3v) is 3.38. The molecule has 0 saturated carbocycles. The molecule has 3 heteroatoms. The summed E-state index contributed by atoms with van der Waals surface area (Å²) in [5.41, 5.74) is 7.00. The normalized spacial score (nSPS) is 11.5. The van der Waals surface area contributed by atoms with Gasteiger partial charge < -0.3 is 0 Å². The van der Waals surface area contributed by atoms with Crippen LogP contribution in [0.3, 0.4) is 0 Å². The van der Waals surface area contributed by atoms with Crippen molar-refractivity contribution in [1.82, 2.24) is 5.43 Å². The van der Waals surface area contributed by atoms with E-state index in [1.807, 2.05) is 6.92 Å². The van der Waals surface area contributed by atoms with E-state index in [2.05, 4.69) is 49.5 Å². The van der Waals surface area contributed by atoms with Crippen molar-refractivity contribution < 1.29 is 4.79 Å². The lowest BCUT2D eigenvalue weighted by atomic mass is 10.0. The number of hydrogen-bond donors (Lipinski definition) is 1. The van der Waals surface area contributed by atoms with Crippen molar-refractivity contribution in [2.24, 2.45) is 5.10 Å². The van der Waals surface area contributed by atoms with E-state index < -0.39 is 0 Å². The highest BCUT2D eigenvalue weighted by Gasteiger charge is 2.04. The molecule has 0 bridgehead atoms. The van der Waals surface area contributed by atoms with E-state index in [0.29, 0.717) is 6.42 Å². The van der Waals surface area contributed by atoms with Crippen LogP contribution in [-0.2, 0) is 4.79 Å². The van der Waals surface area contributed by atoms with Gasteiger partial charge in [0.05, 0.1) is 5.71 Å². The van der Waals surface area contributed by atoms with Crippen molar-refractivity contribution in [3.05, 3.63) is 34.9 Å². The van der Waals surface area contributed by atoms with Crippen molar-refractivity contribution in [3.63, 3.8) is 0 Å². The first kappa shape index (κ1) is 16.4. The van der Waals surface area contributed by atoms with E-state index in [0.717, 1.165) is 24.1 Å². The number of hydrazone groups is 1. The van der Waals surface area contributed by atoms with Crippen LogP contribution in [0.2, 0.25) is 0 Å². The summed E-state index contributed by atoms with van der Waals surface area (Å²) < 4.78 is 0. The van der Waals surface area contributed by atoms with Crippen LogP contribution in [0.5, 0.6) is 0 Å². The molecule has 1 aromatic carbocycles. The second-order valence-corrected chi connectivity index (χ2v) is 5.36. The van der Waals surface area contributed by atoms with E-state index in [1.54, 1.807) is 0 Å². The second kappa shape index (κ2) is 8.51. The van der Waals surface area contributed by atoms with E-state index >= 15 is 0 Å². The molecule has 1 rings (SSSR count). The number of benzene rings is 1. The predicted octanol–water partition coefficient (Wildman–Crippen LogP) is 4.11. The molecule has 0 atom stereocenters. The Morgan fingerprint density at radius 2 is 1.95 bits per heavy atom. The number of nitrogens with zero attached hydrogens (tertiary/aromatic N) is 1. The van der Waals surface area contributed by atoms with Gasteiger partial charge in [0.15, 0.2) is 0 Å². The van der Waals surface area contributed by atoms with Crippen LogP contribution >= 0.6 is 0 Å². The molecule has 1 amide bonds. The number of nitrogens with one attached hydrogen (secondary N) is 1. The summed E-state index contributed by atoms with van der Waals surface area (Å²) in [5.74, 6) is 0.00483. The number of rotatable bonds is 7. The summed E-state index contributed by atoms with van der Waals surface area (Å²) in [4.78, 5) is 11.7. The van der Waals surface area contributed by atoms with E-state index in [9.17, 15) is 4.79 Å². The molecule has 0 aliphatic carbocycles. The van der Waals surface area contributed by atoms with Gasteiger partial charge in [-0.25, -0.2) is 5.43 Å². The highest BCUT2D eigenvalue weighted by Crippen LogP contribution is 2.11. The molecule has 0 aliphatic heterocycles. The Labute approximate surface area is 122 Å². The first-order valence-corrected chi connectivity index (χ1v) is 7.45. The smallest absolute Gasteiger partial charge is 0.240 e. The molecule has 0 fully saturated rings. The standard InChI is InChI=1S/C17H26N2O/c1-5-6-7-8-9-17(20)19-18-15(4)16-11-10-13(2)12-14(16)3/h10-12H,5-9H2,1-4H3,(H,19,20)/b18-15+. The monoisotopic (exact) mass is 274 g/mol. The van der Waals surface area contributed by atoms with Gasteiger partial charge in [0.2, 0.25) is 5.91 Å². The van der Waals surface area contributed by atoms with Crippen LogP contribution < -0.4 is 5.43 Å². The van der Waals surface area contributed by atoms with Gasteiger partial charge in [-0.2, -0.15) is 5.10 Å². The van der Waals surface area contributed by atoms with Crippen LogP contribution in [0, 0.1) is 13.8 Å². The number of amides is 1. The van der Waals surface area contributed by atoms with E-state index in [-0.39, 0.29) is 5.91 Å². The molecule has 0 saturated heterocycles. The number of unbranched alkanes of at least 4 members (excludes halogenated alkanes) is 3. The zero-order chi connectivity index (χ0) is 15.0.